The Labute approximate surface area is 436 Å². The third-order valence-corrected chi connectivity index (χ3v) is 24.5. The van der Waals surface area contributed by atoms with Crippen LogP contribution in [-0.2, 0) is 34.2 Å². The van der Waals surface area contributed by atoms with Gasteiger partial charge in [-0.1, -0.05) is 69.2 Å². The predicted octanol–water partition coefficient (Wildman–Crippen LogP) is 5.76. The van der Waals surface area contributed by atoms with Gasteiger partial charge in [0.25, 0.3) is 0 Å². The van der Waals surface area contributed by atoms with E-state index in [1.165, 1.54) is 25.7 Å². The number of aliphatic hydroxyl groups excluding tert-OH is 1. The first-order valence-corrected chi connectivity index (χ1v) is 33.6. The summed E-state index contributed by atoms with van der Waals surface area (Å²) in [5.41, 5.74) is -1.41. The SMILES string of the molecule is CC(C)C1CC(CN2CCS(=O)(=O)CC2)C1.CC(C)C1CC(CN2C[C@@H]3C[C@H]2CS3(=O)=O)C1.CC(C)C1CC(O)(CN2CCS(=O)(=O)CC2)C1.CC(C)C1CC(O)(CO)C1.CC(C)C1CC2(CNC(=O)O2)C1. The number of nitrogens with zero attached hydrogens (tertiary/aromatic N) is 3. The number of likely N-dealkylation sites (tertiary alicyclic amines) is 1. The minimum absolute atomic E-state index is 0.0338. The van der Waals surface area contributed by atoms with Crippen molar-refractivity contribution < 1.29 is 50.1 Å². The van der Waals surface area contributed by atoms with Gasteiger partial charge in [0.05, 0.1) is 58.4 Å². The number of amides is 1. The van der Waals surface area contributed by atoms with Gasteiger partial charge in [0, 0.05) is 58.4 Å². The van der Waals surface area contributed by atoms with Crippen LogP contribution in [-0.4, -0.2) is 184 Å². The molecule has 5 saturated heterocycles. The van der Waals surface area contributed by atoms with Gasteiger partial charge in [-0.3, -0.25) is 9.80 Å². The minimum atomic E-state index is -2.81. The van der Waals surface area contributed by atoms with Crippen molar-refractivity contribution in [2.75, 3.05) is 94.3 Å². The van der Waals surface area contributed by atoms with Gasteiger partial charge in [-0.25, -0.2) is 30.0 Å². The third kappa shape index (κ3) is 16.5. The van der Waals surface area contributed by atoms with Gasteiger partial charge in [-0.15, -0.1) is 0 Å². The molecule has 5 aliphatic carbocycles. The van der Waals surface area contributed by atoms with E-state index in [4.69, 9.17) is 9.84 Å². The third-order valence-electron chi connectivity index (χ3n) is 19.1. The summed E-state index contributed by atoms with van der Waals surface area (Å²) in [6, 6.07) is 0.350. The average Bonchev–Trinajstić information content (AvgIpc) is 3.91. The van der Waals surface area contributed by atoms with Crippen molar-refractivity contribution in [2.45, 2.75) is 168 Å². The van der Waals surface area contributed by atoms with Gasteiger partial charge >= 0.3 is 6.09 Å². The Morgan fingerprint density at radius 1 is 0.583 bits per heavy atom. The van der Waals surface area contributed by atoms with Crippen LogP contribution in [0.1, 0.15) is 140 Å². The molecule has 0 unspecified atom stereocenters. The quantitative estimate of drug-likeness (QED) is 0.183. The van der Waals surface area contributed by atoms with Crippen molar-refractivity contribution in [1.82, 2.24) is 20.0 Å². The smallest absolute Gasteiger partial charge is 0.407 e. The van der Waals surface area contributed by atoms with Gasteiger partial charge in [0.1, 0.15) is 5.60 Å². The number of sulfone groups is 3. The van der Waals surface area contributed by atoms with Crippen molar-refractivity contribution in [2.24, 2.45) is 71.0 Å². The zero-order valence-corrected chi connectivity index (χ0v) is 48.6. The summed E-state index contributed by atoms with van der Waals surface area (Å²) < 4.78 is 73.7. The zero-order chi connectivity index (χ0) is 53.2. The lowest BCUT2D eigenvalue weighted by Crippen LogP contribution is -2.55. The molecule has 0 aromatic carbocycles. The van der Waals surface area contributed by atoms with Gasteiger partial charge in [0.15, 0.2) is 29.5 Å². The second kappa shape index (κ2) is 24.3. The average molecular weight is 1080 g/mol. The van der Waals surface area contributed by atoms with Gasteiger partial charge < -0.3 is 30.3 Å². The molecular formula is C54H100N4O11S3. The fourth-order valence-electron chi connectivity index (χ4n) is 13.0. The van der Waals surface area contributed by atoms with Crippen molar-refractivity contribution >= 4 is 35.6 Å². The van der Waals surface area contributed by atoms with Crippen LogP contribution in [0.25, 0.3) is 0 Å². The topological polar surface area (TPSA) is 211 Å². The van der Waals surface area contributed by atoms with Gasteiger partial charge in [-0.2, -0.15) is 0 Å². The molecule has 0 aromatic heterocycles. The number of alkyl carbamates (subject to hydrolysis) is 1. The number of fused-ring (bicyclic) bond motifs is 2. The summed E-state index contributed by atoms with van der Waals surface area (Å²) in [4.78, 5) is 17.7. The van der Waals surface area contributed by atoms with E-state index in [1.54, 1.807) is 0 Å². The van der Waals surface area contributed by atoms with E-state index >= 15 is 0 Å². The Bertz CT molecular complexity index is 2060. The molecule has 2 atom stereocenters. The lowest BCUT2D eigenvalue weighted by atomic mass is 9.66. The fraction of sp³-hybridized carbons (Fsp3) is 0.981. The molecule has 10 rings (SSSR count). The Kier molecular flexibility index (Phi) is 20.3. The lowest BCUT2D eigenvalue weighted by molar-refractivity contribution is -0.117. The number of ether oxygens (including phenoxy) is 1. The largest absolute Gasteiger partial charge is 0.441 e. The normalized spacial score (nSPS) is 39.3. The van der Waals surface area contributed by atoms with Crippen LogP contribution < -0.4 is 5.32 Å². The van der Waals surface area contributed by atoms with Crippen LogP contribution in [0.3, 0.4) is 0 Å². The number of rotatable bonds is 12. The molecule has 5 heterocycles. The Balaban J connectivity index is 0.000000149. The Morgan fingerprint density at radius 2 is 1.00 bits per heavy atom. The highest BCUT2D eigenvalue weighted by molar-refractivity contribution is 7.92. The molecular weight excluding hydrogens is 977 g/mol. The lowest BCUT2D eigenvalue weighted by Gasteiger charge is -2.48. The maximum absolute atomic E-state index is 11.7. The number of hydrogen-bond donors (Lipinski definition) is 4. The van der Waals surface area contributed by atoms with Gasteiger partial charge in [0.2, 0.25) is 0 Å². The summed E-state index contributed by atoms with van der Waals surface area (Å²) in [7, 11) is -8.22. The monoisotopic (exact) mass is 1080 g/mol. The molecule has 72 heavy (non-hydrogen) atoms. The molecule has 5 saturated carbocycles. The number of carbonyl (C=O) groups excluding carboxylic acids is 1. The first-order valence-electron chi connectivity index (χ1n) is 28.2. The van der Waals surface area contributed by atoms with Crippen LogP contribution in [0.2, 0.25) is 0 Å². The van der Waals surface area contributed by atoms with E-state index < -0.39 is 40.7 Å². The van der Waals surface area contributed by atoms with Crippen molar-refractivity contribution in [3.05, 3.63) is 0 Å². The molecule has 4 N–H and O–H groups in total. The molecule has 10 aliphatic rings. The summed E-state index contributed by atoms with van der Waals surface area (Å²) in [5, 5.41) is 31.1. The van der Waals surface area contributed by atoms with Crippen LogP contribution in [0.15, 0.2) is 0 Å². The van der Waals surface area contributed by atoms with E-state index in [-0.39, 0.29) is 35.1 Å². The van der Waals surface area contributed by atoms with E-state index in [2.05, 4.69) is 89.3 Å². The highest BCUT2D eigenvalue weighted by Crippen LogP contribution is 2.47. The molecule has 5 aliphatic heterocycles. The van der Waals surface area contributed by atoms with Crippen LogP contribution in [0.5, 0.6) is 0 Å². The predicted molar refractivity (Wildman–Crippen MR) is 287 cm³/mol. The van der Waals surface area contributed by atoms with E-state index in [9.17, 15) is 40.3 Å². The molecule has 2 bridgehead atoms. The molecule has 1 spiro atoms. The maximum atomic E-state index is 11.7. The van der Waals surface area contributed by atoms with Crippen molar-refractivity contribution in [3.8, 4) is 0 Å². The Hall–Kier alpha value is -1.12. The summed E-state index contributed by atoms with van der Waals surface area (Å²) in [6.45, 7) is 29.4. The van der Waals surface area contributed by atoms with E-state index in [0.29, 0.717) is 66.6 Å². The first kappa shape index (κ1) is 60.1. The van der Waals surface area contributed by atoms with Crippen molar-refractivity contribution in [3.63, 3.8) is 0 Å². The number of hydrogen-bond acceptors (Lipinski definition) is 14. The molecule has 0 aromatic rings. The Morgan fingerprint density at radius 3 is 1.38 bits per heavy atom. The number of β-amino-alcohol motifs (C(OH)–C–C–N with tert-alkyl or cyclic N) is 1. The molecule has 0 radical (unpaired) electrons. The maximum Gasteiger partial charge on any atom is 0.407 e. The number of nitrogens with one attached hydrogen (secondary N) is 1. The highest BCUT2D eigenvalue weighted by Gasteiger charge is 2.52. The van der Waals surface area contributed by atoms with Gasteiger partial charge in [-0.05, 0) is 142 Å². The second-order valence-electron chi connectivity index (χ2n) is 26.6. The summed E-state index contributed by atoms with van der Waals surface area (Å²) in [6.07, 6.45) is 11.5. The van der Waals surface area contributed by atoms with Crippen LogP contribution >= 0.6 is 0 Å². The summed E-state index contributed by atoms with van der Waals surface area (Å²) in [5.74, 6) is 10.8. The molecule has 420 valence electrons. The second-order valence-corrected chi connectivity index (χ2v) is 33.6. The van der Waals surface area contributed by atoms with Crippen molar-refractivity contribution in [1.29, 1.82) is 0 Å². The first-order chi connectivity index (χ1) is 33.4. The van der Waals surface area contributed by atoms with E-state index in [0.717, 1.165) is 132 Å². The van der Waals surface area contributed by atoms with Crippen LogP contribution in [0.4, 0.5) is 4.79 Å². The summed E-state index contributed by atoms with van der Waals surface area (Å²) >= 11 is 0. The molecule has 15 nitrogen and oxygen atoms in total. The number of carbonyl (C=O) groups is 1. The number of aliphatic hydroxyl groups is 3. The minimum Gasteiger partial charge on any atom is -0.441 e. The van der Waals surface area contributed by atoms with Crippen LogP contribution in [0, 0.1) is 71.0 Å². The highest BCUT2D eigenvalue weighted by atomic mass is 32.2. The molecule has 18 heteroatoms. The molecule has 10 fully saturated rings. The van der Waals surface area contributed by atoms with E-state index in [1.807, 2.05) is 0 Å². The fourth-order valence-corrected chi connectivity index (χ4v) is 17.7. The zero-order valence-electron chi connectivity index (χ0n) is 46.1. The molecule has 1 amide bonds. The standard InChI is InChI=1S/C13H23NO2S.C12H23NO3S.C12H23NO2S.C9H15NO2.C8H16O2/c1-9(2)11-3-10(4-11)6-14-7-13-5-12(14)8-17(13,15)16;1-10(2)11-7-12(14,8-11)9-13-3-5-17(15,16)6-4-13;1-10(2)12-7-11(8-12)9-13-3-5-16(14,15)6-4-13;1-6(2)7-3-9(4-7)5-10-8(11)12-9;1-6(2)7-3-8(10,4-7)5-9/h9-13H,3-8H2,1-2H3;10-11,14H,3-9H2,1-2H3;10-12H,3-9H2,1-2H3;6-7H,3-5H2,1-2H3,(H,10,11);6-7,9-10H,3-5H2,1-2H3/t10?,11?,12-,13-;;;;/m0..../s1.